The van der Waals surface area contributed by atoms with E-state index in [0.717, 1.165) is 26.2 Å². The molecule has 1 saturated heterocycles. The predicted molar refractivity (Wildman–Crippen MR) is 45.9 cm³/mol. The molecule has 1 heterocycles. The van der Waals surface area contributed by atoms with Crippen molar-refractivity contribution >= 4 is 5.91 Å². The lowest BCUT2D eigenvalue weighted by Gasteiger charge is -2.27. The fraction of sp³-hybridized carbons (Fsp3) is 0.875. The summed E-state index contributed by atoms with van der Waals surface area (Å²) >= 11 is 0. The summed E-state index contributed by atoms with van der Waals surface area (Å²) in [6, 6.07) is 0. The number of methoxy groups -OCH3 is 1. The Labute approximate surface area is 72.9 Å². The van der Waals surface area contributed by atoms with Crippen molar-refractivity contribution in [3.63, 3.8) is 0 Å². The Balaban J connectivity index is 2.20. The maximum atomic E-state index is 11.4. The van der Waals surface area contributed by atoms with E-state index >= 15 is 0 Å². The van der Waals surface area contributed by atoms with Gasteiger partial charge in [-0.15, -0.1) is 0 Å². The van der Waals surface area contributed by atoms with Crippen LogP contribution >= 0.6 is 0 Å². The van der Waals surface area contributed by atoms with E-state index in [2.05, 4.69) is 5.32 Å². The van der Waals surface area contributed by atoms with Gasteiger partial charge in [-0.3, -0.25) is 4.79 Å². The number of carbonyl (C=O) groups excluding carboxylic acids is 1. The molecule has 0 spiro atoms. The SMILES string of the molecule is COCCC(=O)N1CCNCC1. The molecule has 0 unspecified atom stereocenters. The van der Waals surface area contributed by atoms with Gasteiger partial charge in [0.1, 0.15) is 0 Å². The molecule has 0 aromatic rings. The highest BCUT2D eigenvalue weighted by Gasteiger charge is 2.14. The molecule has 0 saturated carbocycles. The fourth-order valence-electron chi connectivity index (χ4n) is 1.26. The van der Waals surface area contributed by atoms with Crippen molar-refractivity contribution in [2.24, 2.45) is 0 Å². The van der Waals surface area contributed by atoms with Crippen LogP contribution in [0, 0.1) is 0 Å². The normalized spacial score (nSPS) is 17.9. The smallest absolute Gasteiger partial charge is 0.224 e. The first kappa shape index (κ1) is 9.48. The third-order valence-corrected chi connectivity index (χ3v) is 1.99. The van der Waals surface area contributed by atoms with E-state index in [0.29, 0.717) is 13.0 Å². The highest BCUT2D eigenvalue weighted by atomic mass is 16.5. The standard InChI is InChI=1S/C8H16N2O2/c1-12-7-2-8(11)10-5-3-9-4-6-10/h9H,2-7H2,1H3. The summed E-state index contributed by atoms with van der Waals surface area (Å²) in [4.78, 5) is 13.3. The van der Waals surface area contributed by atoms with E-state index in [-0.39, 0.29) is 5.91 Å². The second-order valence-electron chi connectivity index (χ2n) is 2.87. The van der Waals surface area contributed by atoms with Crippen LogP contribution in [-0.4, -0.2) is 50.7 Å². The first-order valence-corrected chi connectivity index (χ1v) is 4.32. The zero-order valence-corrected chi connectivity index (χ0v) is 7.51. The van der Waals surface area contributed by atoms with E-state index in [4.69, 9.17) is 4.74 Å². The van der Waals surface area contributed by atoms with Crippen molar-refractivity contribution in [3.8, 4) is 0 Å². The number of amides is 1. The summed E-state index contributed by atoms with van der Waals surface area (Å²) < 4.78 is 4.84. The van der Waals surface area contributed by atoms with Gasteiger partial charge in [-0.25, -0.2) is 0 Å². The summed E-state index contributed by atoms with van der Waals surface area (Å²) in [6.45, 7) is 4.03. The molecular weight excluding hydrogens is 156 g/mol. The van der Waals surface area contributed by atoms with Crippen LogP contribution in [0.5, 0.6) is 0 Å². The van der Waals surface area contributed by atoms with Gasteiger partial charge in [-0.1, -0.05) is 0 Å². The lowest BCUT2D eigenvalue weighted by atomic mass is 10.3. The average molecular weight is 172 g/mol. The zero-order valence-electron chi connectivity index (χ0n) is 7.51. The quantitative estimate of drug-likeness (QED) is 0.621. The second kappa shape index (κ2) is 5.11. The largest absolute Gasteiger partial charge is 0.384 e. The van der Waals surface area contributed by atoms with Crippen LogP contribution in [-0.2, 0) is 9.53 Å². The van der Waals surface area contributed by atoms with Gasteiger partial charge in [-0.05, 0) is 0 Å². The van der Waals surface area contributed by atoms with Crippen LogP contribution in [0.25, 0.3) is 0 Å². The van der Waals surface area contributed by atoms with Crippen molar-refractivity contribution in [1.82, 2.24) is 10.2 Å². The average Bonchev–Trinajstić information content (AvgIpc) is 2.15. The summed E-state index contributed by atoms with van der Waals surface area (Å²) in [5.74, 6) is 0.207. The van der Waals surface area contributed by atoms with E-state index < -0.39 is 0 Å². The molecular formula is C8H16N2O2. The van der Waals surface area contributed by atoms with Gasteiger partial charge in [-0.2, -0.15) is 0 Å². The molecule has 4 nitrogen and oxygen atoms in total. The number of carbonyl (C=O) groups is 1. The van der Waals surface area contributed by atoms with Crippen LogP contribution in [0.15, 0.2) is 0 Å². The molecule has 0 aromatic carbocycles. The van der Waals surface area contributed by atoms with Crippen molar-refractivity contribution in [3.05, 3.63) is 0 Å². The van der Waals surface area contributed by atoms with Crippen molar-refractivity contribution < 1.29 is 9.53 Å². The van der Waals surface area contributed by atoms with Gasteiger partial charge < -0.3 is 15.0 Å². The summed E-state index contributed by atoms with van der Waals surface area (Å²) in [6.07, 6.45) is 0.510. The number of hydrogen-bond donors (Lipinski definition) is 1. The Morgan fingerprint density at radius 1 is 1.50 bits per heavy atom. The number of ether oxygens (including phenoxy) is 1. The van der Waals surface area contributed by atoms with Crippen LogP contribution in [0.2, 0.25) is 0 Å². The summed E-state index contributed by atoms with van der Waals surface area (Å²) in [5, 5.41) is 3.20. The Kier molecular flexibility index (Phi) is 4.04. The molecule has 1 aliphatic heterocycles. The fourth-order valence-corrected chi connectivity index (χ4v) is 1.26. The minimum Gasteiger partial charge on any atom is -0.384 e. The van der Waals surface area contributed by atoms with Gasteiger partial charge in [0.05, 0.1) is 13.0 Å². The van der Waals surface area contributed by atoms with Crippen LogP contribution in [0.4, 0.5) is 0 Å². The van der Waals surface area contributed by atoms with Gasteiger partial charge in [0, 0.05) is 33.3 Å². The van der Waals surface area contributed by atoms with Gasteiger partial charge in [0.25, 0.3) is 0 Å². The minimum absolute atomic E-state index is 0.207. The Bertz CT molecular complexity index is 144. The summed E-state index contributed by atoms with van der Waals surface area (Å²) in [5.41, 5.74) is 0. The van der Waals surface area contributed by atoms with Gasteiger partial charge >= 0.3 is 0 Å². The zero-order chi connectivity index (χ0) is 8.81. The number of rotatable bonds is 3. The molecule has 1 N–H and O–H groups in total. The number of hydrogen-bond acceptors (Lipinski definition) is 3. The van der Waals surface area contributed by atoms with E-state index in [1.807, 2.05) is 4.90 Å². The highest BCUT2D eigenvalue weighted by Crippen LogP contribution is 1.96. The predicted octanol–water partition coefficient (Wildman–Crippen LogP) is -0.545. The Morgan fingerprint density at radius 3 is 2.75 bits per heavy atom. The molecule has 1 aliphatic rings. The molecule has 1 rings (SSSR count). The first-order chi connectivity index (χ1) is 5.84. The number of nitrogens with one attached hydrogen (secondary N) is 1. The van der Waals surface area contributed by atoms with Crippen molar-refractivity contribution in [1.29, 1.82) is 0 Å². The number of nitrogens with zero attached hydrogens (tertiary/aromatic N) is 1. The number of piperazine rings is 1. The molecule has 4 heteroatoms. The van der Waals surface area contributed by atoms with Gasteiger partial charge in [0.15, 0.2) is 0 Å². The van der Waals surface area contributed by atoms with Crippen LogP contribution in [0.3, 0.4) is 0 Å². The van der Waals surface area contributed by atoms with Crippen molar-refractivity contribution in [2.75, 3.05) is 39.9 Å². The van der Waals surface area contributed by atoms with Crippen LogP contribution in [0.1, 0.15) is 6.42 Å². The lowest BCUT2D eigenvalue weighted by molar-refractivity contribution is -0.132. The van der Waals surface area contributed by atoms with E-state index in [9.17, 15) is 4.79 Å². The molecule has 1 fully saturated rings. The topological polar surface area (TPSA) is 41.6 Å². The Morgan fingerprint density at radius 2 is 2.17 bits per heavy atom. The Hall–Kier alpha value is -0.610. The van der Waals surface area contributed by atoms with E-state index in [1.54, 1.807) is 7.11 Å². The molecule has 1 amide bonds. The molecule has 0 atom stereocenters. The van der Waals surface area contributed by atoms with Crippen LogP contribution < -0.4 is 5.32 Å². The third-order valence-electron chi connectivity index (χ3n) is 1.99. The molecule has 12 heavy (non-hydrogen) atoms. The first-order valence-electron chi connectivity index (χ1n) is 4.32. The maximum Gasteiger partial charge on any atom is 0.224 e. The lowest BCUT2D eigenvalue weighted by Crippen LogP contribution is -2.46. The molecule has 0 aromatic heterocycles. The monoisotopic (exact) mass is 172 g/mol. The maximum absolute atomic E-state index is 11.4. The molecule has 0 bridgehead atoms. The molecule has 0 radical (unpaired) electrons. The summed E-state index contributed by atoms with van der Waals surface area (Å²) in [7, 11) is 1.62. The third kappa shape index (κ3) is 2.79. The van der Waals surface area contributed by atoms with Crippen molar-refractivity contribution in [2.45, 2.75) is 6.42 Å². The molecule has 0 aliphatic carbocycles. The highest BCUT2D eigenvalue weighted by molar-refractivity contribution is 5.76. The van der Waals surface area contributed by atoms with E-state index in [1.165, 1.54) is 0 Å². The minimum atomic E-state index is 0.207. The van der Waals surface area contributed by atoms with Gasteiger partial charge in [0.2, 0.25) is 5.91 Å². The second-order valence-corrected chi connectivity index (χ2v) is 2.87. The molecule has 70 valence electrons.